The monoisotopic (exact) mass is 333 g/mol. The highest BCUT2D eigenvalue weighted by Crippen LogP contribution is 2.28. The van der Waals surface area contributed by atoms with Crippen LogP contribution in [0.5, 0.6) is 0 Å². The summed E-state index contributed by atoms with van der Waals surface area (Å²) in [5, 5.41) is 8.97. The lowest BCUT2D eigenvalue weighted by Crippen LogP contribution is -2.27. The van der Waals surface area contributed by atoms with Crippen LogP contribution in [0.3, 0.4) is 0 Å². The Hall–Kier alpha value is -2.17. The Kier molecular flexibility index (Phi) is 3.96. The molecule has 120 valence electrons. The third-order valence-corrected chi connectivity index (χ3v) is 6.05. The van der Waals surface area contributed by atoms with Crippen LogP contribution >= 0.6 is 0 Å². The van der Waals surface area contributed by atoms with Gasteiger partial charge in [0.1, 0.15) is 17.6 Å². The fourth-order valence-corrected chi connectivity index (χ4v) is 4.36. The number of aromatic nitrogens is 1. The number of rotatable bonds is 3. The topological polar surface area (TPSA) is 66.1 Å². The Morgan fingerprint density at radius 1 is 1.17 bits per heavy atom. The molecule has 0 bridgehead atoms. The highest BCUT2D eigenvalue weighted by atomic mass is 32.2. The van der Waals surface area contributed by atoms with Crippen LogP contribution in [-0.2, 0) is 17.1 Å². The number of hydrogen-bond acceptors (Lipinski definition) is 3. The lowest BCUT2D eigenvalue weighted by atomic mass is 10.1. The summed E-state index contributed by atoms with van der Waals surface area (Å²) in [5.41, 5.74) is 1.21. The van der Waals surface area contributed by atoms with Crippen LogP contribution < -0.4 is 0 Å². The SMILES string of the molecule is Cn1c(C#N)ccc1-c1ccc(S(=O)(=O)N2CCCC2)cc1F. The number of halogens is 1. The van der Waals surface area contributed by atoms with E-state index in [0.717, 1.165) is 18.9 Å². The van der Waals surface area contributed by atoms with E-state index >= 15 is 0 Å². The van der Waals surface area contributed by atoms with Gasteiger partial charge in [0.05, 0.1) is 10.6 Å². The Morgan fingerprint density at radius 3 is 2.43 bits per heavy atom. The highest BCUT2D eigenvalue weighted by Gasteiger charge is 2.28. The molecule has 0 amide bonds. The van der Waals surface area contributed by atoms with Crippen LogP contribution in [0, 0.1) is 17.1 Å². The molecule has 0 spiro atoms. The molecule has 23 heavy (non-hydrogen) atoms. The van der Waals surface area contributed by atoms with E-state index in [1.165, 1.54) is 16.4 Å². The first-order chi connectivity index (χ1) is 10.9. The molecule has 1 aromatic carbocycles. The molecule has 0 radical (unpaired) electrons. The van der Waals surface area contributed by atoms with E-state index in [9.17, 15) is 12.8 Å². The van der Waals surface area contributed by atoms with Gasteiger partial charge in [-0.15, -0.1) is 0 Å². The maximum absolute atomic E-state index is 14.5. The maximum Gasteiger partial charge on any atom is 0.243 e. The molecule has 1 aliphatic rings. The Bertz CT molecular complexity index is 891. The first kappa shape index (κ1) is 15.7. The van der Waals surface area contributed by atoms with Crippen molar-refractivity contribution in [1.82, 2.24) is 8.87 Å². The number of sulfonamides is 1. The minimum atomic E-state index is -3.64. The van der Waals surface area contributed by atoms with E-state index < -0.39 is 15.8 Å². The Balaban J connectivity index is 2.01. The molecule has 2 heterocycles. The quantitative estimate of drug-likeness (QED) is 0.867. The zero-order chi connectivity index (χ0) is 16.6. The van der Waals surface area contributed by atoms with Crippen molar-refractivity contribution >= 4 is 10.0 Å². The second-order valence-electron chi connectivity index (χ2n) is 5.53. The Labute approximate surface area is 134 Å². The van der Waals surface area contributed by atoms with E-state index in [0.29, 0.717) is 24.5 Å². The van der Waals surface area contributed by atoms with Crippen LogP contribution in [0.4, 0.5) is 4.39 Å². The summed E-state index contributed by atoms with van der Waals surface area (Å²) in [6, 6.07) is 9.19. The third kappa shape index (κ3) is 2.64. The van der Waals surface area contributed by atoms with Crippen LogP contribution in [0.2, 0.25) is 0 Å². The van der Waals surface area contributed by atoms with Crippen LogP contribution in [0.25, 0.3) is 11.3 Å². The van der Waals surface area contributed by atoms with Gasteiger partial charge in [0, 0.05) is 25.7 Å². The fourth-order valence-electron chi connectivity index (χ4n) is 2.84. The van der Waals surface area contributed by atoms with Gasteiger partial charge >= 0.3 is 0 Å². The summed E-state index contributed by atoms with van der Waals surface area (Å²) in [7, 11) is -1.97. The van der Waals surface area contributed by atoms with E-state index in [1.54, 1.807) is 23.7 Å². The van der Waals surface area contributed by atoms with Gasteiger partial charge in [0.25, 0.3) is 0 Å². The van der Waals surface area contributed by atoms with Gasteiger partial charge in [-0.1, -0.05) is 0 Å². The molecule has 0 unspecified atom stereocenters. The molecular formula is C16H16FN3O2S. The number of nitriles is 1. The number of hydrogen-bond donors (Lipinski definition) is 0. The minimum absolute atomic E-state index is 0.0321. The van der Waals surface area contributed by atoms with Crippen molar-refractivity contribution in [2.75, 3.05) is 13.1 Å². The summed E-state index contributed by atoms with van der Waals surface area (Å²) in [6.45, 7) is 0.962. The molecule has 2 aromatic rings. The van der Waals surface area contributed by atoms with Crippen LogP contribution in [0.15, 0.2) is 35.2 Å². The average Bonchev–Trinajstić information content (AvgIpc) is 3.17. The molecular weight excluding hydrogens is 317 g/mol. The van der Waals surface area contributed by atoms with Gasteiger partial charge in [-0.3, -0.25) is 0 Å². The second kappa shape index (κ2) is 5.80. The first-order valence-electron chi connectivity index (χ1n) is 7.31. The predicted octanol–water partition coefficient (Wildman–Crippen LogP) is 2.49. The summed E-state index contributed by atoms with van der Waals surface area (Å²) < 4.78 is 42.4. The van der Waals surface area contributed by atoms with Gasteiger partial charge in [-0.2, -0.15) is 9.57 Å². The van der Waals surface area contributed by atoms with Gasteiger partial charge < -0.3 is 4.57 Å². The van der Waals surface area contributed by atoms with Gasteiger partial charge in [0.15, 0.2) is 0 Å². The van der Waals surface area contributed by atoms with Crippen molar-refractivity contribution < 1.29 is 12.8 Å². The molecule has 1 aliphatic heterocycles. The summed E-state index contributed by atoms with van der Waals surface area (Å²) in [5.74, 6) is -0.615. The van der Waals surface area contributed by atoms with Crippen LogP contribution in [-0.4, -0.2) is 30.4 Å². The molecule has 0 N–H and O–H groups in total. The van der Waals surface area contributed by atoms with E-state index in [1.807, 2.05) is 6.07 Å². The van der Waals surface area contributed by atoms with Gasteiger partial charge in [0.2, 0.25) is 10.0 Å². The third-order valence-electron chi connectivity index (χ3n) is 4.16. The van der Waals surface area contributed by atoms with Crippen molar-refractivity contribution in [2.24, 2.45) is 7.05 Å². The number of nitrogens with zero attached hydrogens (tertiary/aromatic N) is 3. The summed E-state index contributed by atoms with van der Waals surface area (Å²) in [4.78, 5) is -0.0321. The maximum atomic E-state index is 14.5. The van der Waals surface area contributed by atoms with Crippen LogP contribution in [0.1, 0.15) is 18.5 Å². The smallest absolute Gasteiger partial charge is 0.243 e. The van der Waals surface area contributed by atoms with E-state index in [4.69, 9.17) is 5.26 Å². The van der Waals surface area contributed by atoms with Gasteiger partial charge in [-0.25, -0.2) is 12.8 Å². The molecule has 5 nitrogen and oxygen atoms in total. The molecule has 0 aliphatic carbocycles. The van der Waals surface area contributed by atoms with Crippen molar-refractivity contribution in [1.29, 1.82) is 5.26 Å². The molecule has 7 heteroatoms. The molecule has 3 rings (SSSR count). The van der Waals surface area contributed by atoms with E-state index in [2.05, 4.69) is 0 Å². The predicted molar refractivity (Wildman–Crippen MR) is 83.5 cm³/mol. The lowest BCUT2D eigenvalue weighted by Gasteiger charge is -2.16. The van der Waals surface area contributed by atoms with Crippen molar-refractivity contribution in [3.63, 3.8) is 0 Å². The first-order valence-corrected chi connectivity index (χ1v) is 8.75. The van der Waals surface area contributed by atoms with Crippen molar-refractivity contribution in [3.05, 3.63) is 41.8 Å². The molecule has 1 fully saturated rings. The zero-order valence-electron chi connectivity index (χ0n) is 12.7. The standard InChI is InChI=1S/C16H16FN3O2S/c1-19-12(11-18)4-7-16(19)14-6-5-13(10-15(14)17)23(21,22)20-8-2-3-9-20/h4-7,10H,2-3,8-9H2,1H3. The largest absolute Gasteiger partial charge is 0.335 e. The average molecular weight is 333 g/mol. The number of benzene rings is 1. The normalized spacial score (nSPS) is 15.7. The highest BCUT2D eigenvalue weighted by molar-refractivity contribution is 7.89. The fraction of sp³-hybridized carbons (Fsp3) is 0.312. The lowest BCUT2D eigenvalue weighted by molar-refractivity contribution is 0.476. The molecule has 1 saturated heterocycles. The Morgan fingerprint density at radius 2 is 1.87 bits per heavy atom. The van der Waals surface area contributed by atoms with E-state index in [-0.39, 0.29) is 10.5 Å². The molecule has 0 saturated carbocycles. The van der Waals surface area contributed by atoms with Crippen molar-refractivity contribution in [2.45, 2.75) is 17.7 Å². The second-order valence-corrected chi connectivity index (χ2v) is 7.47. The minimum Gasteiger partial charge on any atom is -0.335 e. The molecule has 0 atom stereocenters. The zero-order valence-corrected chi connectivity index (χ0v) is 13.5. The van der Waals surface area contributed by atoms with Crippen molar-refractivity contribution in [3.8, 4) is 17.3 Å². The van der Waals surface area contributed by atoms with Gasteiger partial charge in [-0.05, 0) is 43.2 Å². The molecule has 1 aromatic heterocycles. The summed E-state index contributed by atoms with van der Waals surface area (Å²) >= 11 is 0. The summed E-state index contributed by atoms with van der Waals surface area (Å²) in [6.07, 6.45) is 1.67.